The minimum Gasteiger partial charge on any atom is -0.379 e. The van der Waals surface area contributed by atoms with Crippen molar-refractivity contribution in [2.24, 2.45) is 0 Å². The fourth-order valence-electron chi connectivity index (χ4n) is 2.76. The van der Waals surface area contributed by atoms with Crippen molar-refractivity contribution in [1.82, 2.24) is 14.9 Å². The number of amides is 2. The zero-order valence-corrected chi connectivity index (χ0v) is 17.9. The third kappa shape index (κ3) is 5.52. The highest BCUT2D eigenvalue weighted by Gasteiger charge is 2.28. The molecule has 1 aliphatic rings. The summed E-state index contributed by atoms with van der Waals surface area (Å²) < 4.78 is 32.2. The number of rotatable bonds is 5. The molecule has 1 saturated heterocycles. The monoisotopic (exact) mass is 411 g/mol. The largest absolute Gasteiger partial charge is 0.379 e. The second-order valence-electron chi connectivity index (χ2n) is 7.93. The molecule has 156 valence electrons. The van der Waals surface area contributed by atoms with Gasteiger partial charge in [0.05, 0.1) is 18.1 Å². The molecule has 28 heavy (non-hydrogen) atoms. The van der Waals surface area contributed by atoms with Gasteiger partial charge in [-0.05, 0) is 52.3 Å². The third-order valence-electron chi connectivity index (χ3n) is 4.30. The molecular weight excluding hydrogens is 382 g/mol. The Morgan fingerprint density at radius 3 is 2.36 bits per heavy atom. The number of aryl methyl sites for hydroxylation is 1. The molecule has 2 rings (SSSR count). The number of carbonyl (C=O) groups excluding carboxylic acids is 2. The number of nitrogens with one attached hydrogen (secondary N) is 2. The standard InChI is InChI=1S/C19H29N3O5S/c1-13-6-7-15(28(25,26)22-8-10-27-11-9-22)12-16(13)18(24)20-14(2)17(23)21-19(3,4)5/h6-7,12,14H,8-11H2,1-5H3,(H,20,24)(H,21,23). The van der Waals surface area contributed by atoms with E-state index in [1.54, 1.807) is 19.9 Å². The Balaban J connectivity index is 2.20. The molecule has 1 aliphatic heterocycles. The van der Waals surface area contributed by atoms with E-state index in [-0.39, 0.29) is 29.5 Å². The summed E-state index contributed by atoms with van der Waals surface area (Å²) in [6, 6.07) is 3.70. The fraction of sp³-hybridized carbons (Fsp3) is 0.579. The predicted molar refractivity (Wildman–Crippen MR) is 106 cm³/mol. The minimum atomic E-state index is -3.71. The topological polar surface area (TPSA) is 105 Å². The molecule has 0 aromatic heterocycles. The van der Waals surface area contributed by atoms with E-state index in [4.69, 9.17) is 4.74 Å². The van der Waals surface area contributed by atoms with Gasteiger partial charge in [0.2, 0.25) is 15.9 Å². The van der Waals surface area contributed by atoms with E-state index >= 15 is 0 Å². The summed E-state index contributed by atoms with van der Waals surface area (Å²) >= 11 is 0. The minimum absolute atomic E-state index is 0.0527. The Hall–Kier alpha value is -1.97. The van der Waals surface area contributed by atoms with Gasteiger partial charge in [0.15, 0.2) is 0 Å². The van der Waals surface area contributed by atoms with Crippen LogP contribution in [0.25, 0.3) is 0 Å². The number of hydrogen-bond acceptors (Lipinski definition) is 5. The summed E-state index contributed by atoms with van der Waals surface area (Å²) in [6.45, 7) is 10.1. The van der Waals surface area contributed by atoms with Crippen molar-refractivity contribution in [3.8, 4) is 0 Å². The average Bonchev–Trinajstić information content (AvgIpc) is 2.61. The summed E-state index contributed by atoms with van der Waals surface area (Å²) in [6.07, 6.45) is 0. The summed E-state index contributed by atoms with van der Waals surface area (Å²) in [5.74, 6) is -0.802. The molecule has 9 heteroatoms. The first-order chi connectivity index (χ1) is 12.9. The first-order valence-corrected chi connectivity index (χ1v) is 10.7. The Labute approximate surface area is 166 Å². The molecule has 2 N–H and O–H groups in total. The molecule has 1 unspecified atom stereocenters. The van der Waals surface area contributed by atoms with E-state index in [1.165, 1.54) is 16.4 Å². The highest BCUT2D eigenvalue weighted by Crippen LogP contribution is 2.20. The van der Waals surface area contributed by atoms with Gasteiger partial charge in [-0.25, -0.2) is 8.42 Å². The second-order valence-corrected chi connectivity index (χ2v) is 9.87. The van der Waals surface area contributed by atoms with Crippen LogP contribution in [0.15, 0.2) is 23.1 Å². The number of carbonyl (C=O) groups is 2. The fourth-order valence-corrected chi connectivity index (χ4v) is 4.19. The van der Waals surface area contributed by atoms with Crippen LogP contribution >= 0.6 is 0 Å². The van der Waals surface area contributed by atoms with E-state index in [1.807, 2.05) is 20.8 Å². The van der Waals surface area contributed by atoms with Gasteiger partial charge in [-0.1, -0.05) is 6.07 Å². The van der Waals surface area contributed by atoms with E-state index in [0.29, 0.717) is 18.8 Å². The lowest BCUT2D eigenvalue weighted by Gasteiger charge is -2.26. The maximum atomic E-state index is 12.8. The van der Waals surface area contributed by atoms with Crippen LogP contribution in [0.3, 0.4) is 0 Å². The SMILES string of the molecule is Cc1ccc(S(=O)(=O)N2CCOCC2)cc1C(=O)NC(C)C(=O)NC(C)(C)C. The molecule has 0 aliphatic carbocycles. The van der Waals surface area contributed by atoms with Gasteiger partial charge in [0.25, 0.3) is 5.91 Å². The molecule has 8 nitrogen and oxygen atoms in total. The Morgan fingerprint density at radius 2 is 1.79 bits per heavy atom. The summed E-state index contributed by atoms with van der Waals surface area (Å²) in [5.41, 5.74) is 0.435. The summed E-state index contributed by atoms with van der Waals surface area (Å²) in [7, 11) is -3.71. The number of sulfonamides is 1. The van der Waals surface area contributed by atoms with Gasteiger partial charge in [-0.15, -0.1) is 0 Å². The zero-order chi connectivity index (χ0) is 21.1. The molecule has 1 fully saturated rings. The van der Waals surface area contributed by atoms with Gasteiger partial charge in [-0.2, -0.15) is 4.31 Å². The lowest BCUT2D eigenvalue weighted by atomic mass is 10.1. The van der Waals surface area contributed by atoms with Crippen molar-refractivity contribution in [3.63, 3.8) is 0 Å². The van der Waals surface area contributed by atoms with Crippen molar-refractivity contribution in [1.29, 1.82) is 0 Å². The van der Waals surface area contributed by atoms with Crippen LogP contribution in [0.5, 0.6) is 0 Å². The third-order valence-corrected chi connectivity index (χ3v) is 6.20. The first-order valence-electron chi connectivity index (χ1n) is 9.23. The van der Waals surface area contributed by atoms with Crippen molar-refractivity contribution >= 4 is 21.8 Å². The number of nitrogens with zero attached hydrogens (tertiary/aromatic N) is 1. The van der Waals surface area contributed by atoms with Crippen LogP contribution < -0.4 is 10.6 Å². The number of morpholine rings is 1. The summed E-state index contributed by atoms with van der Waals surface area (Å²) in [5, 5.41) is 5.44. The zero-order valence-electron chi connectivity index (χ0n) is 17.0. The van der Waals surface area contributed by atoms with Crippen LogP contribution in [0, 0.1) is 6.92 Å². The number of ether oxygens (including phenoxy) is 1. The predicted octanol–water partition coefficient (Wildman–Crippen LogP) is 1.05. The molecule has 1 aromatic carbocycles. The normalized spacial score (nSPS) is 17.0. The van der Waals surface area contributed by atoms with Crippen molar-refractivity contribution in [3.05, 3.63) is 29.3 Å². The Morgan fingerprint density at radius 1 is 1.18 bits per heavy atom. The molecule has 0 spiro atoms. The van der Waals surface area contributed by atoms with Gasteiger partial charge < -0.3 is 15.4 Å². The molecule has 1 aromatic rings. The molecule has 0 bridgehead atoms. The maximum Gasteiger partial charge on any atom is 0.252 e. The van der Waals surface area contributed by atoms with Gasteiger partial charge in [0.1, 0.15) is 6.04 Å². The van der Waals surface area contributed by atoms with E-state index in [0.717, 1.165) is 0 Å². The van der Waals surface area contributed by atoms with Crippen LogP contribution in [0.2, 0.25) is 0 Å². The van der Waals surface area contributed by atoms with Gasteiger partial charge >= 0.3 is 0 Å². The van der Waals surface area contributed by atoms with Crippen LogP contribution in [-0.4, -0.2) is 62.4 Å². The quantitative estimate of drug-likeness (QED) is 0.754. The average molecular weight is 412 g/mol. The lowest BCUT2D eigenvalue weighted by Crippen LogP contribution is -2.50. The molecule has 1 atom stereocenters. The highest BCUT2D eigenvalue weighted by atomic mass is 32.2. The Bertz CT molecular complexity index is 840. The van der Waals surface area contributed by atoms with Crippen LogP contribution in [-0.2, 0) is 19.6 Å². The number of benzene rings is 1. The van der Waals surface area contributed by atoms with Gasteiger partial charge in [0, 0.05) is 24.2 Å². The van der Waals surface area contributed by atoms with Crippen LogP contribution in [0.4, 0.5) is 0 Å². The van der Waals surface area contributed by atoms with Crippen molar-refractivity contribution in [2.45, 2.75) is 51.1 Å². The lowest BCUT2D eigenvalue weighted by molar-refractivity contribution is -0.124. The van der Waals surface area contributed by atoms with E-state index in [2.05, 4.69) is 10.6 Å². The second kappa shape index (κ2) is 8.59. The molecular formula is C19H29N3O5S. The Kier molecular flexibility index (Phi) is 6.84. The molecule has 2 amide bonds. The molecule has 1 heterocycles. The van der Waals surface area contributed by atoms with E-state index < -0.39 is 27.5 Å². The van der Waals surface area contributed by atoms with Crippen molar-refractivity contribution < 1.29 is 22.7 Å². The van der Waals surface area contributed by atoms with Crippen molar-refractivity contribution in [2.75, 3.05) is 26.3 Å². The molecule has 0 saturated carbocycles. The van der Waals surface area contributed by atoms with Crippen LogP contribution in [0.1, 0.15) is 43.6 Å². The van der Waals surface area contributed by atoms with E-state index in [9.17, 15) is 18.0 Å². The molecule has 0 radical (unpaired) electrons. The number of hydrogen-bond donors (Lipinski definition) is 2. The van der Waals surface area contributed by atoms with Gasteiger partial charge in [-0.3, -0.25) is 9.59 Å². The smallest absolute Gasteiger partial charge is 0.252 e. The first kappa shape index (κ1) is 22.3. The highest BCUT2D eigenvalue weighted by molar-refractivity contribution is 7.89. The maximum absolute atomic E-state index is 12.8. The summed E-state index contributed by atoms with van der Waals surface area (Å²) in [4.78, 5) is 24.9.